The Kier molecular flexibility index (Phi) is 5.34. The fraction of sp³-hybridized carbons (Fsp3) is 1.00. The molecule has 0 aromatic rings. The molecule has 0 unspecified atom stereocenters. The van der Waals surface area contributed by atoms with Gasteiger partial charge in [-0.2, -0.15) is 8.42 Å². The number of likely N-dealkylation sites (N-methyl/N-ethyl adjacent to an activating group) is 1. The minimum Gasteiger partial charge on any atom is -0.379 e. The van der Waals surface area contributed by atoms with Crippen LogP contribution in [0.25, 0.3) is 0 Å². The molecule has 1 aliphatic heterocycles. The highest BCUT2D eigenvalue weighted by Gasteiger charge is 2.02. The van der Waals surface area contributed by atoms with Crippen LogP contribution in [0.3, 0.4) is 0 Å². The summed E-state index contributed by atoms with van der Waals surface area (Å²) in [5.74, 6) is 0. The zero-order valence-corrected chi connectivity index (χ0v) is 7.62. The van der Waals surface area contributed by atoms with Crippen molar-refractivity contribution in [3.63, 3.8) is 0 Å². The maximum absolute atomic E-state index is 8.74. The van der Waals surface area contributed by atoms with Crippen LogP contribution in [0.2, 0.25) is 0 Å². The summed E-state index contributed by atoms with van der Waals surface area (Å²) in [6.07, 6.45) is 0. The molecular weight excluding hydrogens is 186 g/mol. The van der Waals surface area contributed by atoms with Crippen LogP contribution in [0.5, 0.6) is 0 Å². The first-order chi connectivity index (χ1) is 5.39. The maximum atomic E-state index is 8.74. The molecule has 0 bridgehead atoms. The Labute approximate surface area is 71.7 Å². The molecule has 0 aliphatic carbocycles. The largest absolute Gasteiger partial charge is 0.394 e. The fourth-order valence-electron chi connectivity index (χ4n) is 0.655. The minimum atomic E-state index is -4.67. The Bertz CT molecular complexity index is 188. The summed E-state index contributed by atoms with van der Waals surface area (Å²) in [6, 6.07) is 0. The van der Waals surface area contributed by atoms with Crippen LogP contribution in [-0.4, -0.2) is 55.8 Å². The summed E-state index contributed by atoms with van der Waals surface area (Å²) in [5.41, 5.74) is 0. The predicted molar refractivity (Wildman–Crippen MR) is 42.5 cm³/mol. The van der Waals surface area contributed by atoms with E-state index in [0.29, 0.717) is 0 Å². The predicted octanol–water partition coefficient (Wildman–Crippen LogP) is -0.704. The molecule has 0 aromatic carbocycles. The first-order valence-corrected chi connectivity index (χ1v) is 4.75. The molecule has 1 rings (SSSR count). The van der Waals surface area contributed by atoms with Gasteiger partial charge in [0.05, 0.1) is 13.2 Å². The first kappa shape index (κ1) is 11.8. The van der Waals surface area contributed by atoms with E-state index in [1.807, 2.05) is 0 Å². The molecule has 0 spiro atoms. The Morgan fingerprint density at radius 2 is 1.58 bits per heavy atom. The van der Waals surface area contributed by atoms with E-state index in [-0.39, 0.29) is 0 Å². The molecule has 1 saturated heterocycles. The summed E-state index contributed by atoms with van der Waals surface area (Å²) in [6.45, 7) is 4.02. The van der Waals surface area contributed by atoms with Gasteiger partial charge in [0.2, 0.25) is 0 Å². The molecule has 1 fully saturated rings. The van der Waals surface area contributed by atoms with E-state index < -0.39 is 10.4 Å². The SMILES string of the molecule is CN1CCOCC1.O=S(=O)(O)O. The highest BCUT2D eigenvalue weighted by atomic mass is 32.3. The number of ether oxygens (including phenoxy) is 1. The van der Waals surface area contributed by atoms with Crippen LogP contribution in [-0.2, 0) is 15.1 Å². The molecule has 6 nitrogen and oxygen atoms in total. The number of hydrogen-bond donors (Lipinski definition) is 2. The molecule has 0 atom stereocenters. The van der Waals surface area contributed by atoms with Gasteiger partial charge in [-0.05, 0) is 7.05 Å². The second-order valence-electron chi connectivity index (χ2n) is 2.36. The summed E-state index contributed by atoms with van der Waals surface area (Å²) in [5, 5.41) is 0. The zero-order valence-electron chi connectivity index (χ0n) is 6.80. The molecule has 1 aliphatic rings. The highest BCUT2D eigenvalue weighted by molar-refractivity contribution is 7.79. The van der Waals surface area contributed by atoms with Crippen LogP contribution in [0.4, 0.5) is 0 Å². The first-order valence-electron chi connectivity index (χ1n) is 3.36. The maximum Gasteiger partial charge on any atom is 0.394 e. The summed E-state index contributed by atoms with van der Waals surface area (Å²) in [4.78, 5) is 2.27. The van der Waals surface area contributed by atoms with Crippen molar-refractivity contribution < 1.29 is 22.3 Å². The fourth-order valence-corrected chi connectivity index (χ4v) is 0.655. The van der Waals surface area contributed by atoms with Crippen molar-refractivity contribution in [1.82, 2.24) is 4.90 Å². The third-order valence-electron chi connectivity index (χ3n) is 1.23. The van der Waals surface area contributed by atoms with E-state index in [4.69, 9.17) is 22.3 Å². The van der Waals surface area contributed by atoms with Gasteiger partial charge in [-0.3, -0.25) is 9.11 Å². The third-order valence-corrected chi connectivity index (χ3v) is 1.23. The number of hydrogen-bond acceptors (Lipinski definition) is 4. The van der Waals surface area contributed by atoms with Crippen molar-refractivity contribution >= 4 is 10.4 Å². The van der Waals surface area contributed by atoms with Crippen LogP contribution in [0.1, 0.15) is 0 Å². The van der Waals surface area contributed by atoms with Crippen molar-refractivity contribution in [2.24, 2.45) is 0 Å². The smallest absolute Gasteiger partial charge is 0.379 e. The van der Waals surface area contributed by atoms with E-state index in [2.05, 4.69) is 11.9 Å². The van der Waals surface area contributed by atoms with Crippen molar-refractivity contribution in [3.8, 4) is 0 Å². The van der Waals surface area contributed by atoms with Crippen molar-refractivity contribution in [2.45, 2.75) is 0 Å². The average molecular weight is 199 g/mol. The van der Waals surface area contributed by atoms with Crippen molar-refractivity contribution in [1.29, 1.82) is 0 Å². The van der Waals surface area contributed by atoms with Crippen molar-refractivity contribution in [3.05, 3.63) is 0 Å². The Balaban J connectivity index is 0.000000217. The zero-order chi connectivity index (χ0) is 9.61. The molecule has 0 amide bonds. The number of morpholine rings is 1. The molecule has 12 heavy (non-hydrogen) atoms. The van der Waals surface area contributed by atoms with E-state index in [0.717, 1.165) is 26.3 Å². The van der Waals surface area contributed by atoms with Gasteiger partial charge in [-0.1, -0.05) is 0 Å². The Morgan fingerprint density at radius 3 is 1.75 bits per heavy atom. The van der Waals surface area contributed by atoms with Crippen LogP contribution < -0.4 is 0 Å². The molecule has 7 heteroatoms. The van der Waals surface area contributed by atoms with E-state index in [9.17, 15) is 0 Å². The summed E-state index contributed by atoms with van der Waals surface area (Å²) < 4.78 is 36.7. The number of nitrogens with zero attached hydrogens (tertiary/aromatic N) is 1. The second-order valence-corrected chi connectivity index (χ2v) is 3.26. The third kappa shape index (κ3) is 12.5. The highest BCUT2D eigenvalue weighted by Crippen LogP contribution is 1.89. The van der Waals surface area contributed by atoms with Gasteiger partial charge in [0.15, 0.2) is 0 Å². The van der Waals surface area contributed by atoms with Gasteiger partial charge >= 0.3 is 10.4 Å². The van der Waals surface area contributed by atoms with E-state index >= 15 is 0 Å². The summed E-state index contributed by atoms with van der Waals surface area (Å²) in [7, 11) is -2.55. The average Bonchev–Trinajstić information content (AvgIpc) is 1.85. The topological polar surface area (TPSA) is 87.1 Å². The normalized spacial score (nSPS) is 19.6. The molecular formula is C5H13NO5S. The second kappa shape index (κ2) is 5.44. The van der Waals surface area contributed by atoms with Crippen molar-refractivity contribution in [2.75, 3.05) is 33.4 Å². The van der Waals surface area contributed by atoms with Crippen LogP contribution in [0, 0.1) is 0 Å². The van der Waals surface area contributed by atoms with E-state index in [1.165, 1.54) is 0 Å². The lowest BCUT2D eigenvalue weighted by atomic mass is 10.5. The number of rotatable bonds is 0. The standard InChI is InChI=1S/C5H11NO.H2O4S/c1-6-2-4-7-5-3-6;1-5(2,3)4/h2-5H2,1H3;(H2,1,2,3,4). The lowest BCUT2D eigenvalue weighted by molar-refractivity contribution is 0.0503. The summed E-state index contributed by atoms with van der Waals surface area (Å²) >= 11 is 0. The Hall–Kier alpha value is -0.210. The molecule has 0 radical (unpaired) electrons. The lowest BCUT2D eigenvalue weighted by Gasteiger charge is -2.21. The quantitative estimate of drug-likeness (QED) is 0.501. The molecule has 0 saturated carbocycles. The van der Waals surface area contributed by atoms with Gasteiger partial charge in [0.1, 0.15) is 0 Å². The van der Waals surface area contributed by atoms with Gasteiger partial charge < -0.3 is 9.64 Å². The molecule has 1 heterocycles. The lowest BCUT2D eigenvalue weighted by Crippen LogP contribution is -2.32. The van der Waals surface area contributed by atoms with Gasteiger partial charge in [-0.25, -0.2) is 0 Å². The monoisotopic (exact) mass is 199 g/mol. The van der Waals surface area contributed by atoms with Gasteiger partial charge in [0, 0.05) is 13.1 Å². The molecule has 74 valence electrons. The van der Waals surface area contributed by atoms with Gasteiger partial charge in [0.25, 0.3) is 0 Å². The minimum absolute atomic E-state index is 0.913. The van der Waals surface area contributed by atoms with Gasteiger partial charge in [-0.15, -0.1) is 0 Å². The van der Waals surface area contributed by atoms with Crippen LogP contribution in [0.15, 0.2) is 0 Å². The van der Waals surface area contributed by atoms with E-state index in [1.54, 1.807) is 0 Å². The van der Waals surface area contributed by atoms with Crippen LogP contribution >= 0.6 is 0 Å². The molecule has 0 aromatic heterocycles. The molecule has 2 N–H and O–H groups in total. The Morgan fingerprint density at radius 1 is 1.25 bits per heavy atom.